The number of benzene rings is 1. The molecule has 4 heteroatoms. The van der Waals surface area contributed by atoms with Crippen molar-refractivity contribution in [3.05, 3.63) is 35.4 Å². The van der Waals surface area contributed by atoms with Gasteiger partial charge in [-0.15, -0.1) is 23.2 Å². The molecule has 0 spiro atoms. The van der Waals surface area contributed by atoms with E-state index in [1.54, 1.807) is 6.92 Å². The van der Waals surface area contributed by atoms with Crippen molar-refractivity contribution < 1.29 is 9.53 Å². The van der Waals surface area contributed by atoms with Crippen LogP contribution in [0.1, 0.15) is 24.5 Å². The van der Waals surface area contributed by atoms with Crippen molar-refractivity contribution in [3.8, 4) is 0 Å². The first-order valence-electron chi connectivity index (χ1n) is 5.46. The molecule has 1 aliphatic rings. The van der Waals surface area contributed by atoms with Crippen molar-refractivity contribution in [1.82, 2.24) is 0 Å². The summed E-state index contributed by atoms with van der Waals surface area (Å²) in [6.07, 6.45) is 0.454. The molecule has 1 aromatic carbocycles. The lowest BCUT2D eigenvalue weighted by Gasteiger charge is -2.11. The van der Waals surface area contributed by atoms with Crippen LogP contribution in [0.15, 0.2) is 24.3 Å². The Bertz CT molecular complexity index is 439. The van der Waals surface area contributed by atoms with Crippen LogP contribution in [0, 0.1) is 12.3 Å². The van der Waals surface area contributed by atoms with Gasteiger partial charge in [-0.25, -0.2) is 0 Å². The standard InChI is InChI=1S/C13H14Cl2O2/c1-9-3-5-10(6-4-9)7-17-11(16)12(2)8-13(12,14)15/h3-6H,7-8H2,1-2H3. The first kappa shape index (κ1) is 12.7. The molecule has 0 radical (unpaired) electrons. The second-order valence-corrected chi connectivity index (χ2v) is 6.26. The summed E-state index contributed by atoms with van der Waals surface area (Å²) in [6, 6.07) is 7.84. The summed E-state index contributed by atoms with van der Waals surface area (Å²) in [5, 5.41) is 0. The van der Waals surface area contributed by atoms with Gasteiger partial charge < -0.3 is 4.74 Å². The molecule has 0 N–H and O–H groups in total. The zero-order valence-electron chi connectivity index (χ0n) is 9.80. The minimum atomic E-state index is -0.961. The SMILES string of the molecule is Cc1ccc(COC(=O)C2(C)CC2(Cl)Cl)cc1. The van der Waals surface area contributed by atoms with E-state index in [0.717, 1.165) is 5.56 Å². The van der Waals surface area contributed by atoms with Crippen molar-refractivity contribution in [3.63, 3.8) is 0 Å². The number of hydrogen-bond donors (Lipinski definition) is 0. The molecule has 1 fully saturated rings. The van der Waals surface area contributed by atoms with Crippen LogP contribution in [-0.2, 0) is 16.1 Å². The Morgan fingerprint density at radius 2 is 1.88 bits per heavy atom. The summed E-state index contributed by atoms with van der Waals surface area (Å²) < 4.78 is 4.26. The van der Waals surface area contributed by atoms with Gasteiger partial charge in [0.05, 0.1) is 0 Å². The molecular formula is C13H14Cl2O2. The minimum absolute atomic E-state index is 0.262. The fourth-order valence-corrected chi connectivity index (χ4v) is 2.30. The highest BCUT2D eigenvalue weighted by molar-refractivity contribution is 6.53. The van der Waals surface area contributed by atoms with Crippen LogP contribution in [-0.4, -0.2) is 10.3 Å². The van der Waals surface area contributed by atoms with Crippen molar-refractivity contribution in [2.45, 2.75) is 31.2 Å². The Morgan fingerprint density at radius 3 is 2.35 bits per heavy atom. The smallest absolute Gasteiger partial charge is 0.315 e. The quantitative estimate of drug-likeness (QED) is 0.621. The summed E-state index contributed by atoms with van der Waals surface area (Å²) in [4.78, 5) is 11.8. The fourth-order valence-electron chi connectivity index (χ4n) is 1.61. The predicted molar refractivity (Wildman–Crippen MR) is 68.1 cm³/mol. The summed E-state index contributed by atoms with van der Waals surface area (Å²) in [6.45, 7) is 4.00. The number of esters is 1. The van der Waals surface area contributed by atoms with Gasteiger partial charge in [-0.3, -0.25) is 4.79 Å². The number of alkyl halides is 2. The van der Waals surface area contributed by atoms with E-state index >= 15 is 0 Å². The Hall–Kier alpha value is -0.730. The fraction of sp³-hybridized carbons (Fsp3) is 0.462. The largest absolute Gasteiger partial charge is 0.460 e. The molecule has 2 nitrogen and oxygen atoms in total. The lowest BCUT2D eigenvalue weighted by atomic mass is 10.1. The maximum absolute atomic E-state index is 11.8. The van der Waals surface area contributed by atoms with Gasteiger partial charge in [-0.05, 0) is 19.4 Å². The molecule has 0 amide bonds. The molecule has 0 heterocycles. The first-order valence-corrected chi connectivity index (χ1v) is 6.21. The molecule has 0 saturated heterocycles. The molecular weight excluding hydrogens is 259 g/mol. The van der Waals surface area contributed by atoms with E-state index in [1.165, 1.54) is 5.56 Å². The Kier molecular flexibility index (Phi) is 3.13. The molecule has 0 aliphatic heterocycles. The monoisotopic (exact) mass is 272 g/mol. The van der Waals surface area contributed by atoms with Gasteiger partial charge in [-0.2, -0.15) is 0 Å². The summed E-state index contributed by atoms with van der Waals surface area (Å²) in [5.41, 5.74) is 1.39. The number of rotatable bonds is 3. The van der Waals surface area contributed by atoms with Crippen molar-refractivity contribution in [2.75, 3.05) is 0 Å². The van der Waals surface area contributed by atoms with Gasteiger partial charge in [-0.1, -0.05) is 29.8 Å². The maximum Gasteiger partial charge on any atom is 0.315 e. The van der Waals surface area contributed by atoms with Crippen LogP contribution >= 0.6 is 23.2 Å². The highest BCUT2D eigenvalue weighted by atomic mass is 35.5. The van der Waals surface area contributed by atoms with Crippen LogP contribution < -0.4 is 0 Å². The number of hydrogen-bond acceptors (Lipinski definition) is 2. The summed E-state index contributed by atoms with van der Waals surface area (Å²) in [7, 11) is 0. The zero-order chi connectivity index (χ0) is 12.7. The lowest BCUT2D eigenvalue weighted by Crippen LogP contribution is -2.21. The molecule has 1 saturated carbocycles. The van der Waals surface area contributed by atoms with Crippen molar-refractivity contribution in [1.29, 1.82) is 0 Å². The topological polar surface area (TPSA) is 26.3 Å². The number of carbonyl (C=O) groups is 1. The first-order chi connectivity index (χ1) is 7.85. The molecule has 1 aliphatic carbocycles. The van der Waals surface area contributed by atoms with Crippen LogP contribution in [0.3, 0.4) is 0 Å². The molecule has 1 aromatic rings. The van der Waals surface area contributed by atoms with E-state index in [9.17, 15) is 4.79 Å². The molecule has 92 valence electrons. The second-order valence-electron chi connectivity index (χ2n) is 4.78. The Morgan fingerprint density at radius 1 is 1.35 bits per heavy atom. The maximum atomic E-state index is 11.8. The lowest BCUT2D eigenvalue weighted by molar-refractivity contribution is -0.150. The van der Waals surface area contributed by atoms with Gasteiger partial charge >= 0.3 is 5.97 Å². The summed E-state index contributed by atoms with van der Waals surface area (Å²) in [5.74, 6) is -0.330. The van der Waals surface area contributed by atoms with Crippen molar-refractivity contribution in [2.24, 2.45) is 5.41 Å². The molecule has 0 bridgehead atoms. The average molecular weight is 273 g/mol. The molecule has 1 atom stereocenters. The third-order valence-electron chi connectivity index (χ3n) is 3.20. The van der Waals surface area contributed by atoms with E-state index in [2.05, 4.69) is 0 Å². The number of ether oxygens (including phenoxy) is 1. The highest BCUT2D eigenvalue weighted by Gasteiger charge is 2.69. The number of carbonyl (C=O) groups excluding carboxylic acids is 1. The second kappa shape index (κ2) is 4.18. The van der Waals surface area contributed by atoms with Crippen LogP contribution in [0.4, 0.5) is 0 Å². The van der Waals surface area contributed by atoms with E-state index in [1.807, 2.05) is 31.2 Å². The molecule has 0 aromatic heterocycles. The van der Waals surface area contributed by atoms with E-state index in [4.69, 9.17) is 27.9 Å². The van der Waals surface area contributed by atoms with Gasteiger partial charge in [0.25, 0.3) is 0 Å². The summed E-state index contributed by atoms with van der Waals surface area (Å²) >= 11 is 11.8. The molecule has 2 rings (SSSR count). The third-order valence-corrected chi connectivity index (χ3v) is 4.30. The highest BCUT2D eigenvalue weighted by Crippen LogP contribution is 2.64. The van der Waals surface area contributed by atoms with Gasteiger partial charge in [0, 0.05) is 6.42 Å². The minimum Gasteiger partial charge on any atom is -0.460 e. The van der Waals surface area contributed by atoms with Crippen LogP contribution in [0.5, 0.6) is 0 Å². The average Bonchev–Trinajstić information content (AvgIpc) is 2.78. The van der Waals surface area contributed by atoms with E-state index in [-0.39, 0.29) is 12.6 Å². The predicted octanol–water partition coefficient (Wildman–Crippen LogP) is 3.62. The van der Waals surface area contributed by atoms with Gasteiger partial charge in [0.15, 0.2) is 0 Å². The van der Waals surface area contributed by atoms with Crippen LogP contribution in [0.2, 0.25) is 0 Å². The third kappa shape index (κ3) is 2.43. The number of halogens is 2. The van der Waals surface area contributed by atoms with Crippen LogP contribution in [0.25, 0.3) is 0 Å². The zero-order valence-corrected chi connectivity index (χ0v) is 11.3. The number of aryl methyl sites for hydroxylation is 1. The Labute approximate surface area is 111 Å². The van der Waals surface area contributed by atoms with Gasteiger partial charge in [0.1, 0.15) is 16.4 Å². The van der Waals surface area contributed by atoms with E-state index < -0.39 is 9.75 Å². The van der Waals surface area contributed by atoms with Gasteiger partial charge in [0.2, 0.25) is 0 Å². The normalized spacial score (nSPS) is 25.4. The Balaban J connectivity index is 1.91. The van der Waals surface area contributed by atoms with Crippen molar-refractivity contribution >= 4 is 29.2 Å². The molecule has 1 unspecified atom stereocenters. The molecule has 17 heavy (non-hydrogen) atoms. The van der Waals surface area contributed by atoms with E-state index in [0.29, 0.717) is 6.42 Å².